The Balaban J connectivity index is 1.72. The quantitative estimate of drug-likeness (QED) is 0.416. The van der Waals surface area contributed by atoms with Gasteiger partial charge >= 0.3 is 0 Å². The van der Waals surface area contributed by atoms with E-state index in [0.717, 1.165) is 48.0 Å². The molecule has 1 N–H and O–H groups in total. The Kier molecular flexibility index (Phi) is 5.29. The highest BCUT2D eigenvalue weighted by Crippen LogP contribution is 2.38. The van der Waals surface area contributed by atoms with E-state index in [1.807, 2.05) is 24.3 Å². The van der Waals surface area contributed by atoms with Crippen LogP contribution in [-0.4, -0.2) is 16.3 Å². The molecule has 1 aromatic heterocycles. The molecule has 3 nitrogen and oxygen atoms in total. The summed E-state index contributed by atoms with van der Waals surface area (Å²) in [6.07, 6.45) is 3.35. The highest BCUT2D eigenvalue weighted by molar-refractivity contribution is 6.30. The summed E-state index contributed by atoms with van der Waals surface area (Å²) in [6, 6.07) is 29.3. The Bertz CT molecular complexity index is 1080. The first kappa shape index (κ1) is 19.0. The molecule has 0 spiro atoms. The molecule has 0 unspecified atom stereocenters. The van der Waals surface area contributed by atoms with E-state index in [4.69, 9.17) is 16.7 Å². The van der Waals surface area contributed by atoms with Crippen molar-refractivity contribution in [3.8, 4) is 5.69 Å². The van der Waals surface area contributed by atoms with Gasteiger partial charge < -0.3 is 5.32 Å². The number of fused-ring (bicyclic) bond motifs is 1. The van der Waals surface area contributed by atoms with E-state index in [1.54, 1.807) is 0 Å². The zero-order valence-electron chi connectivity index (χ0n) is 16.8. The smallest absolute Gasteiger partial charge is 0.133 e. The van der Waals surface area contributed by atoms with E-state index >= 15 is 0 Å². The van der Waals surface area contributed by atoms with Gasteiger partial charge in [0.05, 0.1) is 17.3 Å². The molecule has 0 atom stereocenters. The van der Waals surface area contributed by atoms with Gasteiger partial charge in [0, 0.05) is 17.1 Å². The molecule has 3 aromatic carbocycles. The van der Waals surface area contributed by atoms with Gasteiger partial charge in [-0.1, -0.05) is 72.3 Å². The predicted octanol–water partition coefficient (Wildman–Crippen LogP) is 6.45. The van der Waals surface area contributed by atoms with Crippen molar-refractivity contribution in [2.45, 2.75) is 25.2 Å². The lowest BCUT2D eigenvalue weighted by molar-refractivity contribution is 0.754. The predicted molar refractivity (Wildman–Crippen MR) is 124 cm³/mol. The lowest BCUT2D eigenvalue weighted by atomic mass is 9.86. The highest BCUT2D eigenvalue weighted by atomic mass is 35.5. The minimum Gasteiger partial charge on any atom is -0.370 e. The number of hydrogen-bond acceptors (Lipinski definition) is 2. The lowest BCUT2D eigenvalue weighted by Crippen LogP contribution is -2.08. The molecule has 1 aliphatic rings. The summed E-state index contributed by atoms with van der Waals surface area (Å²) in [6.45, 7) is 0.965. The molecule has 5 rings (SSSR count). The van der Waals surface area contributed by atoms with Crippen LogP contribution in [0.25, 0.3) is 5.69 Å². The van der Waals surface area contributed by atoms with Crippen LogP contribution in [0.2, 0.25) is 5.02 Å². The summed E-state index contributed by atoms with van der Waals surface area (Å²) in [5.74, 6) is 1.20. The van der Waals surface area contributed by atoms with Crippen LogP contribution < -0.4 is 5.32 Å². The van der Waals surface area contributed by atoms with Crippen LogP contribution in [0.1, 0.15) is 41.1 Å². The first-order valence-corrected chi connectivity index (χ1v) is 10.9. The van der Waals surface area contributed by atoms with Crippen molar-refractivity contribution in [3.63, 3.8) is 0 Å². The van der Waals surface area contributed by atoms with Gasteiger partial charge in [-0.05, 0) is 54.7 Å². The lowest BCUT2D eigenvalue weighted by Gasteiger charge is -2.18. The highest BCUT2D eigenvalue weighted by Gasteiger charge is 2.28. The van der Waals surface area contributed by atoms with Crippen LogP contribution in [0.5, 0.6) is 0 Å². The summed E-state index contributed by atoms with van der Waals surface area (Å²) in [4.78, 5) is 0. The van der Waals surface area contributed by atoms with Gasteiger partial charge in [-0.15, -0.1) is 0 Å². The maximum Gasteiger partial charge on any atom is 0.133 e. The van der Waals surface area contributed by atoms with Gasteiger partial charge in [0.25, 0.3) is 0 Å². The Morgan fingerprint density at radius 3 is 2.07 bits per heavy atom. The fourth-order valence-corrected chi connectivity index (χ4v) is 4.46. The van der Waals surface area contributed by atoms with Crippen LogP contribution >= 0.6 is 11.6 Å². The Morgan fingerprint density at radius 2 is 1.43 bits per heavy atom. The Labute approximate surface area is 182 Å². The van der Waals surface area contributed by atoms with Crippen molar-refractivity contribution in [2.24, 2.45) is 0 Å². The molecular weight excluding hydrogens is 390 g/mol. The van der Waals surface area contributed by atoms with Crippen molar-refractivity contribution in [1.29, 1.82) is 0 Å². The topological polar surface area (TPSA) is 29.9 Å². The van der Waals surface area contributed by atoms with E-state index in [9.17, 15) is 0 Å². The number of nitrogens with one attached hydrogen (secondary N) is 1. The van der Waals surface area contributed by atoms with Gasteiger partial charge in [0.15, 0.2) is 0 Å². The molecule has 0 saturated heterocycles. The average Bonchev–Trinajstić information content (AvgIpc) is 2.97. The molecule has 30 heavy (non-hydrogen) atoms. The number of benzene rings is 3. The summed E-state index contributed by atoms with van der Waals surface area (Å²) in [5, 5.41) is 9.58. The number of hydrogen-bond donors (Lipinski definition) is 1. The molecule has 0 bridgehead atoms. The minimum atomic E-state index is 0.0922. The average molecular weight is 414 g/mol. The van der Waals surface area contributed by atoms with Crippen LogP contribution in [0.3, 0.4) is 0 Å². The Morgan fingerprint density at radius 1 is 0.800 bits per heavy atom. The number of halogens is 1. The molecular formula is C26H24ClN3. The summed E-state index contributed by atoms with van der Waals surface area (Å²) < 4.78 is 2.06. The fraction of sp³-hybridized carbons (Fsp3) is 0.192. The van der Waals surface area contributed by atoms with Crippen molar-refractivity contribution in [2.75, 3.05) is 11.9 Å². The van der Waals surface area contributed by atoms with E-state index in [0.29, 0.717) is 0 Å². The van der Waals surface area contributed by atoms with Gasteiger partial charge in [-0.2, -0.15) is 5.10 Å². The maximum absolute atomic E-state index is 6.14. The van der Waals surface area contributed by atoms with Gasteiger partial charge in [0.1, 0.15) is 5.82 Å². The Hall–Kier alpha value is -3.04. The van der Waals surface area contributed by atoms with E-state index in [-0.39, 0.29) is 5.92 Å². The van der Waals surface area contributed by atoms with E-state index in [2.05, 4.69) is 70.7 Å². The molecule has 2 heterocycles. The molecule has 0 fully saturated rings. The molecule has 0 saturated carbocycles. The van der Waals surface area contributed by atoms with E-state index < -0.39 is 0 Å². The number of nitrogens with zero attached hydrogens (tertiary/aromatic N) is 2. The van der Waals surface area contributed by atoms with Gasteiger partial charge in [-0.25, -0.2) is 4.68 Å². The summed E-state index contributed by atoms with van der Waals surface area (Å²) >= 11 is 6.14. The van der Waals surface area contributed by atoms with Gasteiger partial charge in [0.2, 0.25) is 0 Å². The number of anilines is 1. The molecule has 1 aliphatic heterocycles. The molecule has 0 radical (unpaired) electrons. The van der Waals surface area contributed by atoms with Crippen molar-refractivity contribution in [3.05, 3.63) is 112 Å². The SMILES string of the molecule is Clc1ccc(-n2nc(C(c3ccccc3)c3ccccc3)c3c2NCCCC3)cc1. The van der Waals surface area contributed by atoms with E-state index in [1.165, 1.54) is 16.7 Å². The second-order valence-electron chi connectivity index (χ2n) is 7.74. The monoisotopic (exact) mass is 413 g/mol. The van der Waals surface area contributed by atoms with Gasteiger partial charge in [-0.3, -0.25) is 0 Å². The van der Waals surface area contributed by atoms with Crippen LogP contribution in [-0.2, 0) is 6.42 Å². The van der Waals surface area contributed by atoms with Crippen LogP contribution in [0.4, 0.5) is 5.82 Å². The normalized spacial score (nSPS) is 13.5. The third kappa shape index (κ3) is 3.61. The molecule has 4 aromatic rings. The summed E-state index contributed by atoms with van der Waals surface area (Å²) in [7, 11) is 0. The second kappa shape index (κ2) is 8.37. The molecule has 0 aliphatic carbocycles. The molecule has 4 heteroatoms. The first-order chi connectivity index (χ1) is 14.8. The fourth-order valence-electron chi connectivity index (χ4n) is 4.33. The van der Waals surface area contributed by atoms with Crippen LogP contribution in [0, 0.1) is 0 Å². The number of rotatable bonds is 4. The first-order valence-electron chi connectivity index (χ1n) is 10.5. The maximum atomic E-state index is 6.14. The van der Waals surface area contributed by atoms with Crippen molar-refractivity contribution >= 4 is 17.4 Å². The zero-order valence-corrected chi connectivity index (χ0v) is 17.5. The van der Waals surface area contributed by atoms with Crippen LogP contribution in [0.15, 0.2) is 84.9 Å². The second-order valence-corrected chi connectivity index (χ2v) is 8.18. The third-order valence-electron chi connectivity index (χ3n) is 5.77. The zero-order chi connectivity index (χ0) is 20.3. The third-order valence-corrected chi connectivity index (χ3v) is 6.02. The largest absolute Gasteiger partial charge is 0.370 e. The minimum absolute atomic E-state index is 0.0922. The summed E-state index contributed by atoms with van der Waals surface area (Å²) in [5.41, 5.74) is 6.00. The van der Waals surface area contributed by atoms with Crippen molar-refractivity contribution < 1.29 is 0 Å². The molecule has 0 amide bonds. The standard InChI is InChI=1S/C26H24ClN3/c27-21-14-16-22(17-15-21)30-26-23(13-7-8-18-28-26)25(29-30)24(19-9-3-1-4-10-19)20-11-5-2-6-12-20/h1-6,9-12,14-17,24,28H,7-8,13,18H2. The molecule has 150 valence electrons. The number of aromatic nitrogens is 2. The van der Waals surface area contributed by atoms with Crippen molar-refractivity contribution in [1.82, 2.24) is 9.78 Å².